The van der Waals surface area contributed by atoms with Gasteiger partial charge in [0.25, 0.3) is 5.91 Å². The Hall–Kier alpha value is -2.92. The Morgan fingerprint density at radius 1 is 1.08 bits per heavy atom. The number of aromatic nitrogens is 1. The van der Waals surface area contributed by atoms with Crippen molar-refractivity contribution >= 4 is 22.6 Å². The number of nitrogens with zero attached hydrogens (tertiary/aromatic N) is 1. The van der Waals surface area contributed by atoms with Crippen molar-refractivity contribution in [3.63, 3.8) is 0 Å². The van der Waals surface area contributed by atoms with Crippen LogP contribution in [0.15, 0.2) is 54.6 Å². The molecule has 1 amide bonds. The molecule has 2 N–H and O–H groups in total. The van der Waals surface area contributed by atoms with Gasteiger partial charge in [-0.1, -0.05) is 48.0 Å². The molecule has 25 heavy (non-hydrogen) atoms. The molecule has 4 rings (SSSR count). The summed E-state index contributed by atoms with van der Waals surface area (Å²) in [7, 11) is 0. The van der Waals surface area contributed by atoms with Gasteiger partial charge in [-0.3, -0.25) is 15.6 Å². The lowest BCUT2D eigenvalue weighted by molar-refractivity contribution is -0.121. The van der Waals surface area contributed by atoms with Gasteiger partial charge in [-0.2, -0.15) is 0 Å². The first-order valence-corrected chi connectivity index (χ1v) is 8.26. The number of fused-ring (bicyclic) bond motifs is 1. The van der Waals surface area contributed by atoms with Crippen LogP contribution in [0.2, 0.25) is 0 Å². The Labute approximate surface area is 146 Å². The number of carbonyl (C=O) groups excluding carboxylic acids is 1. The maximum Gasteiger partial charge on any atom is 0.270 e. The van der Waals surface area contributed by atoms with E-state index in [1.165, 1.54) is 5.56 Å². The molecule has 1 aliphatic heterocycles. The highest BCUT2D eigenvalue weighted by molar-refractivity contribution is 5.86. The number of epoxide rings is 1. The number of ether oxygens (including phenoxy) is 1. The third-order valence-electron chi connectivity index (χ3n) is 4.39. The zero-order valence-corrected chi connectivity index (χ0v) is 14.1. The van der Waals surface area contributed by atoms with E-state index in [1.807, 2.05) is 68.4 Å². The smallest absolute Gasteiger partial charge is 0.270 e. The van der Waals surface area contributed by atoms with Gasteiger partial charge in [0, 0.05) is 5.39 Å². The molecular formula is C20H19N3O2. The van der Waals surface area contributed by atoms with Gasteiger partial charge >= 0.3 is 0 Å². The van der Waals surface area contributed by atoms with E-state index in [2.05, 4.69) is 15.8 Å². The molecule has 2 atom stereocenters. The van der Waals surface area contributed by atoms with Gasteiger partial charge in [-0.25, -0.2) is 4.98 Å². The van der Waals surface area contributed by atoms with Crippen molar-refractivity contribution in [3.05, 3.63) is 71.3 Å². The zero-order chi connectivity index (χ0) is 17.4. The summed E-state index contributed by atoms with van der Waals surface area (Å²) in [6.07, 6.45) is -0.634. The van der Waals surface area contributed by atoms with Crippen molar-refractivity contribution in [2.75, 3.05) is 5.43 Å². The van der Waals surface area contributed by atoms with Gasteiger partial charge in [0.1, 0.15) is 11.9 Å². The highest BCUT2D eigenvalue weighted by Gasteiger charge is 2.46. The van der Waals surface area contributed by atoms with Crippen LogP contribution in [0.3, 0.4) is 0 Å². The van der Waals surface area contributed by atoms with Crippen molar-refractivity contribution in [3.8, 4) is 0 Å². The van der Waals surface area contributed by atoms with E-state index in [0.717, 1.165) is 22.0 Å². The Bertz CT molecular complexity index is 937. The SMILES string of the molecule is Cc1ccc([C@@H]2O[C@@H]2C(=O)NNc2cc(C)c3ccccc3n2)cc1. The molecule has 0 bridgehead atoms. The van der Waals surface area contributed by atoms with Gasteiger partial charge in [0.15, 0.2) is 6.10 Å². The van der Waals surface area contributed by atoms with Gasteiger partial charge in [0.2, 0.25) is 0 Å². The molecular weight excluding hydrogens is 314 g/mol. The van der Waals surface area contributed by atoms with Crippen LogP contribution in [0.4, 0.5) is 5.82 Å². The Morgan fingerprint density at radius 2 is 1.84 bits per heavy atom. The monoisotopic (exact) mass is 333 g/mol. The number of hydrogen-bond acceptors (Lipinski definition) is 4. The molecule has 1 aromatic heterocycles. The maximum atomic E-state index is 12.3. The number of nitrogens with one attached hydrogen (secondary N) is 2. The van der Waals surface area contributed by atoms with Crippen molar-refractivity contribution in [1.82, 2.24) is 10.4 Å². The van der Waals surface area contributed by atoms with Crippen LogP contribution >= 0.6 is 0 Å². The molecule has 1 fully saturated rings. The molecule has 0 aliphatic carbocycles. The minimum absolute atomic E-state index is 0.173. The van der Waals surface area contributed by atoms with E-state index in [1.54, 1.807) is 0 Å². The number of amides is 1. The van der Waals surface area contributed by atoms with E-state index in [9.17, 15) is 4.79 Å². The van der Waals surface area contributed by atoms with Crippen molar-refractivity contribution < 1.29 is 9.53 Å². The number of rotatable bonds is 4. The summed E-state index contributed by atoms with van der Waals surface area (Å²) in [6.45, 7) is 4.05. The fraction of sp³-hybridized carbons (Fsp3) is 0.200. The molecule has 3 aromatic rings. The molecule has 0 spiro atoms. The van der Waals surface area contributed by atoms with Crippen LogP contribution in [0.1, 0.15) is 22.8 Å². The van der Waals surface area contributed by atoms with Crippen LogP contribution in [-0.2, 0) is 9.53 Å². The van der Waals surface area contributed by atoms with Crippen LogP contribution in [0, 0.1) is 13.8 Å². The van der Waals surface area contributed by atoms with Crippen LogP contribution in [0.5, 0.6) is 0 Å². The zero-order valence-electron chi connectivity index (χ0n) is 14.1. The van der Waals surface area contributed by atoms with Crippen LogP contribution in [0.25, 0.3) is 10.9 Å². The third-order valence-corrected chi connectivity index (χ3v) is 4.39. The van der Waals surface area contributed by atoms with E-state index < -0.39 is 6.10 Å². The molecule has 1 aliphatic rings. The summed E-state index contributed by atoms with van der Waals surface area (Å²) in [5.74, 6) is 0.412. The van der Waals surface area contributed by atoms with E-state index >= 15 is 0 Å². The lowest BCUT2D eigenvalue weighted by Crippen LogP contribution is -2.33. The number of para-hydroxylation sites is 1. The first-order valence-electron chi connectivity index (χ1n) is 8.26. The number of pyridine rings is 1. The van der Waals surface area contributed by atoms with Gasteiger partial charge in [0.05, 0.1) is 5.52 Å². The molecule has 0 radical (unpaired) electrons. The number of carbonyl (C=O) groups is 1. The lowest BCUT2D eigenvalue weighted by atomic mass is 10.1. The minimum atomic E-state index is -0.461. The summed E-state index contributed by atoms with van der Waals surface area (Å²) in [4.78, 5) is 16.8. The molecule has 0 saturated carbocycles. The highest BCUT2D eigenvalue weighted by atomic mass is 16.6. The second-order valence-corrected chi connectivity index (χ2v) is 6.34. The number of benzene rings is 2. The highest BCUT2D eigenvalue weighted by Crippen LogP contribution is 2.38. The molecule has 2 heterocycles. The molecule has 0 unspecified atom stereocenters. The first-order chi connectivity index (χ1) is 12.1. The van der Waals surface area contributed by atoms with E-state index in [0.29, 0.717) is 5.82 Å². The quantitative estimate of drug-likeness (QED) is 0.567. The van der Waals surface area contributed by atoms with Crippen LogP contribution in [-0.4, -0.2) is 17.0 Å². The standard InChI is InChI=1S/C20H19N3O2/c1-12-7-9-14(10-8-12)18-19(25-18)20(24)23-22-17-11-13(2)15-5-3-4-6-16(15)21-17/h3-11,18-19H,1-2H3,(H,21,22)(H,23,24)/t18-,19-/m0/s1. The normalized spacial score (nSPS) is 18.8. The van der Waals surface area contributed by atoms with Crippen LogP contribution < -0.4 is 10.9 Å². The Morgan fingerprint density at radius 3 is 2.64 bits per heavy atom. The van der Waals surface area contributed by atoms with E-state index in [4.69, 9.17) is 4.74 Å². The molecule has 5 heteroatoms. The summed E-state index contributed by atoms with van der Waals surface area (Å²) in [5, 5.41) is 1.10. The largest absolute Gasteiger partial charge is 0.354 e. The second kappa shape index (κ2) is 6.18. The van der Waals surface area contributed by atoms with Gasteiger partial charge < -0.3 is 4.74 Å². The van der Waals surface area contributed by atoms with E-state index in [-0.39, 0.29) is 12.0 Å². The summed E-state index contributed by atoms with van der Waals surface area (Å²) >= 11 is 0. The number of hydrazine groups is 1. The number of hydrogen-bond donors (Lipinski definition) is 2. The molecule has 5 nitrogen and oxygen atoms in total. The van der Waals surface area contributed by atoms with Crippen molar-refractivity contribution in [2.24, 2.45) is 0 Å². The topological polar surface area (TPSA) is 66.6 Å². The Balaban J connectivity index is 1.40. The molecule has 126 valence electrons. The molecule has 2 aromatic carbocycles. The average Bonchev–Trinajstić information content (AvgIpc) is 3.41. The second-order valence-electron chi connectivity index (χ2n) is 6.34. The fourth-order valence-electron chi connectivity index (χ4n) is 2.93. The van der Waals surface area contributed by atoms with Gasteiger partial charge in [-0.05, 0) is 37.1 Å². The van der Waals surface area contributed by atoms with Crippen molar-refractivity contribution in [2.45, 2.75) is 26.1 Å². The predicted octanol–water partition coefficient (Wildman–Crippen LogP) is 3.43. The fourth-order valence-corrected chi connectivity index (χ4v) is 2.93. The third kappa shape index (κ3) is 3.19. The predicted molar refractivity (Wildman–Crippen MR) is 97.0 cm³/mol. The summed E-state index contributed by atoms with van der Waals surface area (Å²) in [6, 6.07) is 17.9. The lowest BCUT2D eigenvalue weighted by Gasteiger charge is -2.09. The maximum absolute atomic E-state index is 12.3. The number of aryl methyl sites for hydroxylation is 2. The van der Waals surface area contributed by atoms with Crippen molar-refractivity contribution in [1.29, 1.82) is 0 Å². The Kier molecular flexibility index (Phi) is 3.86. The van der Waals surface area contributed by atoms with Gasteiger partial charge in [-0.15, -0.1) is 0 Å². The molecule has 1 saturated heterocycles. The minimum Gasteiger partial charge on any atom is -0.354 e. The first kappa shape index (κ1) is 15.6. The summed E-state index contributed by atoms with van der Waals surface area (Å²) < 4.78 is 5.51. The average molecular weight is 333 g/mol. The summed E-state index contributed by atoms with van der Waals surface area (Å²) in [5.41, 5.74) is 9.77. The number of anilines is 1.